The molecule has 2 heterocycles. The molecule has 11 rings (SSSR count). The zero-order valence-corrected chi connectivity index (χ0v) is 29.5. The van der Waals surface area contributed by atoms with Crippen LogP contribution in [-0.2, 0) is 0 Å². The quantitative estimate of drug-likeness (QED) is 0.178. The van der Waals surface area contributed by atoms with Crippen molar-refractivity contribution < 1.29 is 4.42 Å². The largest absolute Gasteiger partial charge is 0.455 e. The fraction of sp³-hybridized carbons (Fsp3) is 0. The molecule has 0 aliphatic rings. The number of hydrogen-bond acceptors (Lipinski definition) is 3. The Hall–Kier alpha value is -6.68. The van der Waals surface area contributed by atoms with Crippen LogP contribution in [0.5, 0.6) is 0 Å². The van der Waals surface area contributed by atoms with E-state index in [1.54, 1.807) is 0 Å². The average molecular weight is 694 g/mol. The normalized spacial score (nSPS) is 11.8. The summed E-state index contributed by atoms with van der Waals surface area (Å²) in [6, 6.07) is 68.0. The standard InChI is InChI=1S/C50H31NOS/c1-2-11-36-31-37(20-19-32(36)9-1)33-21-26-38(27-22-33)51(45-16-7-15-43-42-13-5-6-18-47(42)53-50(43)45)39-28-23-35(24-29-39)40-14-8-17-46-48(40)44-30-25-34-10-3-4-12-41(34)49(44)52-46/h1-31H. The number of furan rings is 1. The molecule has 248 valence electrons. The summed E-state index contributed by atoms with van der Waals surface area (Å²) >= 11 is 1.86. The first-order chi connectivity index (χ1) is 26.3. The second-order valence-corrected chi connectivity index (χ2v) is 14.7. The molecule has 11 aromatic rings. The Bertz CT molecular complexity index is 3170. The van der Waals surface area contributed by atoms with Gasteiger partial charge in [0, 0.05) is 43.0 Å². The van der Waals surface area contributed by atoms with Crippen molar-refractivity contribution in [3.8, 4) is 22.3 Å². The van der Waals surface area contributed by atoms with Crippen LogP contribution < -0.4 is 4.90 Å². The molecule has 0 saturated heterocycles. The van der Waals surface area contributed by atoms with Crippen molar-refractivity contribution in [1.29, 1.82) is 0 Å². The lowest BCUT2D eigenvalue weighted by Gasteiger charge is -2.26. The van der Waals surface area contributed by atoms with Gasteiger partial charge in [-0.1, -0.05) is 133 Å². The van der Waals surface area contributed by atoms with Crippen molar-refractivity contribution in [3.05, 3.63) is 188 Å². The maximum Gasteiger partial charge on any atom is 0.143 e. The number of rotatable bonds is 5. The summed E-state index contributed by atoms with van der Waals surface area (Å²) in [5.41, 5.74) is 9.97. The molecular formula is C50H31NOS. The minimum absolute atomic E-state index is 0.905. The molecule has 0 atom stereocenters. The van der Waals surface area contributed by atoms with Gasteiger partial charge in [0.1, 0.15) is 11.2 Å². The Morgan fingerprint density at radius 1 is 0.415 bits per heavy atom. The van der Waals surface area contributed by atoms with Crippen LogP contribution in [0.25, 0.3) is 85.9 Å². The van der Waals surface area contributed by atoms with Gasteiger partial charge in [-0.05, 0) is 93.0 Å². The van der Waals surface area contributed by atoms with E-state index in [0.717, 1.165) is 44.3 Å². The van der Waals surface area contributed by atoms with Crippen molar-refractivity contribution in [2.75, 3.05) is 4.90 Å². The molecule has 0 fully saturated rings. The van der Waals surface area contributed by atoms with E-state index in [-0.39, 0.29) is 0 Å². The molecule has 2 nitrogen and oxygen atoms in total. The van der Waals surface area contributed by atoms with Gasteiger partial charge >= 0.3 is 0 Å². The first-order valence-corrected chi connectivity index (χ1v) is 18.8. The maximum atomic E-state index is 6.53. The number of hydrogen-bond donors (Lipinski definition) is 0. The lowest BCUT2D eigenvalue weighted by Crippen LogP contribution is -2.10. The van der Waals surface area contributed by atoms with Crippen molar-refractivity contribution in [3.63, 3.8) is 0 Å². The summed E-state index contributed by atoms with van der Waals surface area (Å²) in [5, 5.41) is 9.70. The van der Waals surface area contributed by atoms with Gasteiger partial charge in [0.2, 0.25) is 0 Å². The van der Waals surface area contributed by atoms with E-state index in [4.69, 9.17) is 4.42 Å². The van der Waals surface area contributed by atoms with E-state index >= 15 is 0 Å². The Labute approximate surface area is 310 Å². The summed E-state index contributed by atoms with van der Waals surface area (Å²) in [6.45, 7) is 0. The van der Waals surface area contributed by atoms with Crippen molar-refractivity contribution >= 4 is 92.1 Å². The van der Waals surface area contributed by atoms with E-state index in [9.17, 15) is 0 Å². The SMILES string of the molecule is c1ccc2cc(-c3ccc(N(c4ccc(-c5cccc6oc7c8ccccc8ccc7c56)cc4)c4cccc5c4sc4ccccc45)cc3)ccc2c1. The molecule has 0 aliphatic carbocycles. The number of anilines is 3. The summed E-state index contributed by atoms with van der Waals surface area (Å²) < 4.78 is 9.10. The molecule has 0 spiro atoms. The van der Waals surface area contributed by atoms with Crippen LogP contribution in [-0.4, -0.2) is 0 Å². The molecule has 0 bridgehead atoms. The molecule has 2 aromatic heterocycles. The number of benzene rings is 9. The van der Waals surface area contributed by atoms with Gasteiger partial charge in [-0.15, -0.1) is 11.3 Å². The highest BCUT2D eigenvalue weighted by Crippen LogP contribution is 2.46. The molecule has 0 unspecified atom stereocenters. The predicted octanol–water partition coefficient (Wildman–Crippen LogP) is 15.1. The van der Waals surface area contributed by atoms with Crippen molar-refractivity contribution in [2.45, 2.75) is 0 Å². The third-order valence-corrected chi connectivity index (χ3v) is 11.9. The van der Waals surface area contributed by atoms with E-state index in [2.05, 4.69) is 193 Å². The molecule has 0 amide bonds. The Morgan fingerprint density at radius 3 is 1.89 bits per heavy atom. The van der Waals surface area contributed by atoms with E-state index < -0.39 is 0 Å². The third kappa shape index (κ3) is 4.86. The summed E-state index contributed by atoms with van der Waals surface area (Å²) in [5.74, 6) is 0. The van der Waals surface area contributed by atoms with Crippen LogP contribution >= 0.6 is 11.3 Å². The molecule has 3 heteroatoms. The monoisotopic (exact) mass is 693 g/mol. The van der Waals surface area contributed by atoms with E-state index in [0.29, 0.717) is 0 Å². The second kappa shape index (κ2) is 11.9. The van der Waals surface area contributed by atoms with Crippen LogP contribution in [0.4, 0.5) is 17.1 Å². The fourth-order valence-corrected chi connectivity index (χ4v) is 9.30. The van der Waals surface area contributed by atoms with E-state index in [1.807, 2.05) is 11.3 Å². The lowest BCUT2D eigenvalue weighted by atomic mass is 9.98. The predicted molar refractivity (Wildman–Crippen MR) is 227 cm³/mol. The minimum Gasteiger partial charge on any atom is -0.455 e. The molecule has 0 radical (unpaired) electrons. The van der Waals surface area contributed by atoms with Crippen LogP contribution in [0.15, 0.2) is 192 Å². The van der Waals surface area contributed by atoms with Crippen LogP contribution in [0.1, 0.15) is 0 Å². The van der Waals surface area contributed by atoms with E-state index in [1.165, 1.54) is 58.7 Å². The van der Waals surface area contributed by atoms with Crippen molar-refractivity contribution in [2.24, 2.45) is 0 Å². The Kier molecular flexibility index (Phi) is 6.76. The topological polar surface area (TPSA) is 16.4 Å². The van der Waals surface area contributed by atoms with Gasteiger partial charge in [0.05, 0.1) is 10.4 Å². The van der Waals surface area contributed by atoms with Crippen LogP contribution in [0, 0.1) is 0 Å². The van der Waals surface area contributed by atoms with Crippen molar-refractivity contribution in [1.82, 2.24) is 0 Å². The minimum atomic E-state index is 0.905. The molecule has 0 N–H and O–H groups in total. The molecule has 0 aliphatic heterocycles. The zero-order chi connectivity index (χ0) is 34.9. The highest BCUT2D eigenvalue weighted by atomic mass is 32.1. The van der Waals surface area contributed by atoms with Crippen LogP contribution in [0.2, 0.25) is 0 Å². The highest BCUT2D eigenvalue weighted by molar-refractivity contribution is 7.26. The third-order valence-electron chi connectivity index (χ3n) is 10.7. The van der Waals surface area contributed by atoms with Gasteiger partial charge in [0.25, 0.3) is 0 Å². The molecule has 9 aromatic carbocycles. The van der Waals surface area contributed by atoms with Gasteiger partial charge in [0.15, 0.2) is 0 Å². The van der Waals surface area contributed by atoms with Gasteiger partial charge in [-0.3, -0.25) is 0 Å². The van der Waals surface area contributed by atoms with Crippen LogP contribution in [0.3, 0.4) is 0 Å². The average Bonchev–Trinajstić information content (AvgIpc) is 3.81. The molecular weight excluding hydrogens is 663 g/mol. The first-order valence-electron chi connectivity index (χ1n) is 18.0. The summed E-state index contributed by atoms with van der Waals surface area (Å²) in [6.07, 6.45) is 0. The Balaban J connectivity index is 1.05. The second-order valence-electron chi connectivity index (χ2n) is 13.7. The molecule has 53 heavy (non-hydrogen) atoms. The van der Waals surface area contributed by atoms with Gasteiger partial charge in [-0.25, -0.2) is 0 Å². The molecule has 0 saturated carbocycles. The first kappa shape index (κ1) is 30.0. The van der Waals surface area contributed by atoms with Gasteiger partial charge < -0.3 is 9.32 Å². The Morgan fingerprint density at radius 2 is 1.06 bits per heavy atom. The lowest BCUT2D eigenvalue weighted by molar-refractivity contribution is 0.673. The highest BCUT2D eigenvalue weighted by Gasteiger charge is 2.20. The van der Waals surface area contributed by atoms with Gasteiger partial charge in [-0.2, -0.15) is 0 Å². The fourth-order valence-electron chi connectivity index (χ4n) is 8.09. The smallest absolute Gasteiger partial charge is 0.143 e. The number of nitrogens with zero attached hydrogens (tertiary/aromatic N) is 1. The number of fused-ring (bicyclic) bond motifs is 9. The summed E-state index contributed by atoms with van der Waals surface area (Å²) in [7, 11) is 0. The summed E-state index contributed by atoms with van der Waals surface area (Å²) in [4.78, 5) is 2.41. The zero-order valence-electron chi connectivity index (χ0n) is 28.7. The maximum absolute atomic E-state index is 6.53. The number of thiophene rings is 1.